The lowest BCUT2D eigenvalue weighted by molar-refractivity contribution is 0.0956. The van der Waals surface area contributed by atoms with Crippen molar-refractivity contribution in [2.45, 2.75) is 6.92 Å². The van der Waals surface area contributed by atoms with Gasteiger partial charge in [0.25, 0.3) is 5.91 Å². The minimum absolute atomic E-state index is 0.372. The van der Waals surface area contributed by atoms with Crippen LogP contribution in [0.1, 0.15) is 22.8 Å². The molecular weight excluding hydrogens is 472 g/mol. The summed E-state index contributed by atoms with van der Waals surface area (Å²) in [6.45, 7) is 1.75. The molecule has 4 aromatic rings. The van der Waals surface area contributed by atoms with Crippen molar-refractivity contribution in [2.24, 2.45) is 5.10 Å². The Labute approximate surface area is 202 Å². The van der Waals surface area contributed by atoms with Crippen LogP contribution in [0.15, 0.2) is 84.0 Å². The van der Waals surface area contributed by atoms with Crippen LogP contribution >= 0.6 is 11.6 Å². The summed E-state index contributed by atoms with van der Waals surface area (Å²) >= 11 is 6.00. The van der Waals surface area contributed by atoms with Crippen LogP contribution in [-0.4, -0.2) is 31.3 Å². The molecule has 0 bridgehead atoms. The number of carbonyl (C=O) groups is 1. The molecule has 0 unspecified atom stereocenters. The molecule has 1 aromatic heterocycles. The normalized spacial score (nSPS) is 11.9. The van der Waals surface area contributed by atoms with Gasteiger partial charge in [0.15, 0.2) is 0 Å². The number of nitrogens with zero attached hydrogens (tertiary/aromatic N) is 2. The number of hydrazone groups is 1. The maximum absolute atomic E-state index is 13.1. The highest BCUT2D eigenvalue weighted by molar-refractivity contribution is 7.92. The van der Waals surface area contributed by atoms with E-state index in [1.165, 1.54) is 0 Å². The zero-order chi connectivity index (χ0) is 24.3. The number of carbonyl (C=O) groups excluding carboxylic acids is 1. The topological polar surface area (TPSA) is 101 Å². The van der Waals surface area contributed by atoms with Gasteiger partial charge in [-0.2, -0.15) is 5.10 Å². The van der Waals surface area contributed by atoms with Gasteiger partial charge in [0.05, 0.1) is 28.7 Å². The van der Waals surface area contributed by atoms with Crippen molar-refractivity contribution in [3.8, 4) is 11.3 Å². The number of fused-ring (bicyclic) bond motifs is 1. The summed E-state index contributed by atoms with van der Waals surface area (Å²) in [4.78, 5) is 17.8. The van der Waals surface area contributed by atoms with Gasteiger partial charge in [0.1, 0.15) is 0 Å². The molecule has 0 spiro atoms. The summed E-state index contributed by atoms with van der Waals surface area (Å²) in [6.07, 6.45) is 1.09. The molecule has 0 aliphatic heterocycles. The number of halogens is 1. The number of amides is 1. The van der Waals surface area contributed by atoms with Crippen molar-refractivity contribution in [3.63, 3.8) is 0 Å². The summed E-state index contributed by atoms with van der Waals surface area (Å²) in [5.41, 5.74) is 6.99. The average molecular weight is 493 g/mol. The number of hydrogen-bond donors (Lipinski definition) is 2. The Kier molecular flexibility index (Phi) is 6.63. The minimum Gasteiger partial charge on any atom is -0.284 e. The van der Waals surface area contributed by atoms with Crippen LogP contribution in [0.5, 0.6) is 0 Å². The summed E-state index contributed by atoms with van der Waals surface area (Å²) in [6, 6.07) is 23.1. The van der Waals surface area contributed by atoms with Crippen molar-refractivity contribution in [1.82, 2.24) is 10.4 Å². The van der Waals surface area contributed by atoms with Crippen molar-refractivity contribution in [2.75, 3.05) is 11.0 Å². The molecule has 0 saturated heterocycles. The predicted octanol–water partition coefficient (Wildman–Crippen LogP) is 5.08. The number of nitrogens with one attached hydrogen (secondary N) is 2. The second kappa shape index (κ2) is 9.62. The third-order valence-corrected chi connectivity index (χ3v) is 5.89. The maximum atomic E-state index is 13.1. The monoisotopic (exact) mass is 492 g/mol. The Bertz CT molecular complexity index is 1500. The van der Waals surface area contributed by atoms with Crippen LogP contribution in [-0.2, 0) is 10.0 Å². The summed E-state index contributed by atoms with van der Waals surface area (Å²) in [5.74, 6) is -0.372. The number of pyridine rings is 1. The van der Waals surface area contributed by atoms with E-state index in [2.05, 4.69) is 20.2 Å². The van der Waals surface area contributed by atoms with E-state index in [4.69, 9.17) is 11.6 Å². The Morgan fingerprint density at radius 2 is 1.65 bits per heavy atom. The molecule has 172 valence electrons. The third kappa shape index (κ3) is 5.59. The zero-order valence-electron chi connectivity index (χ0n) is 18.4. The van der Waals surface area contributed by atoms with Crippen molar-refractivity contribution >= 4 is 49.8 Å². The van der Waals surface area contributed by atoms with E-state index in [-0.39, 0.29) is 5.91 Å². The molecule has 0 saturated carbocycles. The third-order valence-electron chi connectivity index (χ3n) is 5.03. The number of benzene rings is 3. The molecule has 0 aliphatic rings. The van der Waals surface area contributed by atoms with Crippen LogP contribution < -0.4 is 10.1 Å². The predicted molar refractivity (Wildman–Crippen MR) is 137 cm³/mol. The van der Waals surface area contributed by atoms with Gasteiger partial charge in [-0.05, 0) is 48.9 Å². The Morgan fingerprint density at radius 1 is 0.971 bits per heavy atom. The highest BCUT2D eigenvalue weighted by atomic mass is 35.5. The fourth-order valence-electron chi connectivity index (χ4n) is 3.38. The van der Waals surface area contributed by atoms with E-state index < -0.39 is 10.0 Å². The van der Waals surface area contributed by atoms with E-state index >= 15 is 0 Å². The first kappa shape index (κ1) is 23.4. The van der Waals surface area contributed by atoms with Crippen LogP contribution in [0.4, 0.5) is 5.69 Å². The van der Waals surface area contributed by atoms with Gasteiger partial charge in [-0.15, -0.1) is 0 Å². The smallest absolute Gasteiger partial charge is 0.272 e. The number of aromatic nitrogens is 1. The molecule has 34 heavy (non-hydrogen) atoms. The molecule has 2 N–H and O–H groups in total. The first-order chi connectivity index (χ1) is 16.2. The van der Waals surface area contributed by atoms with Gasteiger partial charge in [-0.25, -0.2) is 18.8 Å². The molecule has 0 fully saturated rings. The molecule has 0 radical (unpaired) electrons. The fourth-order valence-corrected chi connectivity index (χ4v) is 4.07. The Hall–Kier alpha value is -3.75. The van der Waals surface area contributed by atoms with Crippen molar-refractivity contribution in [1.29, 1.82) is 0 Å². The molecule has 4 rings (SSSR count). The standard InChI is InChI=1S/C25H21ClN4O3S/c1-16(17-9-13-20(14-10-17)30-34(2,32)33)28-29-25(31)22-15-24(18-7-11-19(26)12-8-18)27-23-6-4-3-5-21(22)23/h3-15,30H,1-2H3,(H,29,31). The SMILES string of the molecule is CC(=NNC(=O)c1cc(-c2ccc(Cl)cc2)nc2ccccc12)c1ccc(NS(C)(=O)=O)cc1. The lowest BCUT2D eigenvalue weighted by atomic mass is 10.0. The highest BCUT2D eigenvalue weighted by Gasteiger charge is 2.14. The van der Waals surface area contributed by atoms with E-state index in [0.717, 1.165) is 17.4 Å². The van der Waals surface area contributed by atoms with Crippen molar-refractivity contribution < 1.29 is 13.2 Å². The van der Waals surface area contributed by atoms with Gasteiger partial charge >= 0.3 is 0 Å². The van der Waals surface area contributed by atoms with E-state index in [0.29, 0.717) is 38.6 Å². The van der Waals surface area contributed by atoms with E-state index in [1.807, 2.05) is 36.4 Å². The number of rotatable bonds is 6. The Balaban J connectivity index is 1.61. The molecule has 1 heterocycles. The molecule has 7 nitrogen and oxygen atoms in total. The number of hydrogen-bond acceptors (Lipinski definition) is 5. The van der Waals surface area contributed by atoms with Crippen LogP contribution in [0, 0.1) is 0 Å². The lowest BCUT2D eigenvalue weighted by Gasteiger charge is -2.10. The Morgan fingerprint density at radius 3 is 2.32 bits per heavy atom. The molecule has 0 aliphatic carbocycles. The second-order valence-electron chi connectivity index (χ2n) is 7.67. The van der Waals surface area contributed by atoms with Gasteiger partial charge in [-0.3, -0.25) is 9.52 Å². The summed E-state index contributed by atoms with van der Waals surface area (Å²) < 4.78 is 25.1. The first-order valence-electron chi connectivity index (χ1n) is 10.3. The van der Waals surface area contributed by atoms with Gasteiger partial charge in [0.2, 0.25) is 10.0 Å². The number of sulfonamides is 1. The fraction of sp³-hybridized carbons (Fsp3) is 0.0800. The largest absolute Gasteiger partial charge is 0.284 e. The number of anilines is 1. The zero-order valence-corrected chi connectivity index (χ0v) is 20.0. The average Bonchev–Trinajstić information content (AvgIpc) is 2.81. The molecule has 0 atom stereocenters. The van der Waals surface area contributed by atoms with Gasteiger partial charge in [-0.1, -0.05) is 54.1 Å². The first-order valence-corrected chi connectivity index (χ1v) is 12.6. The van der Waals surface area contributed by atoms with Gasteiger partial charge < -0.3 is 0 Å². The maximum Gasteiger partial charge on any atom is 0.272 e. The van der Waals surface area contributed by atoms with E-state index in [9.17, 15) is 13.2 Å². The second-order valence-corrected chi connectivity index (χ2v) is 9.85. The molecule has 3 aromatic carbocycles. The molecular formula is C25H21ClN4O3S. The molecule has 9 heteroatoms. The van der Waals surface area contributed by atoms with E-state index in [1.54, 1.807) is 49.4 Å². The molecule has 1 amide bonds. The summed E-state index contributed by atoms with van der Waals surface area (Å²) in [7, 11) is -3.36. The van der Waals surface area contributed by atoms with Crippen molar-refractivity contribution in [3.05, 3.63) is 95.0 Å². The lowest BCUT2D eigenvalue weighted by Crippen LogP contribution is -2.20. The quantitative estimate of drug-likeness (QED) is 0.289. The van der Waals surface area contributed by atoms with Crippen LogP contribution in [0.2, 0.25) is 5.02 Å². The van der Waals surface area contributed by atoms with Crippen LogP contribution in [0.25, 0.3) is 22.2 Å². The highest BCUT2D eigenvalue weighted by Crippen LogP contribution is 2.26. The summed E-state index contributed by atoms with van der Waals surface area (Å²) in [5, 5.41) is 5.56. The van der Waals surface area contributed by atoms with Gasteiger partial charge in [0, 0.05) is 21.7 Å². The number of para-hydroxylation sites is 1. The van der Waals surface area contributed by atoms with Crippen LogP contribution in [0.3, 0.4) is 0 Å². The minimum atomic E-state index is -3.36.